The van der Waals surface area contributed by atoms with Crippen LogP contribution in [0.5, 0.6) is 0 Å². The normalized spacial score (nSPS) is 10.6. The van der Waals surface area contributed by atoms with Crippen LogP contribution < -0.4 is 5.73 Å². The van der Waals surface area contributed by atoms with Crippen molar-refractivity contribution < 1.29 is 0 Å². The van der Waals surface area contributed by atoms with Crippen molar-refractivity contribution in [1.82, 2.24) is 4.98 Å². The minimum Gasteiger partial charge on any atom is -0.399 e. The summed E-state index contributed by atoms with van der Waals surface area (Å²) >= 11 is 11.7. The summed E-state index contributed by atoms with van der Waals surface area (Å²) < 4.78 is 0. The summed E-state index contributed by atoms with van der Waals surface area (Å²) in [6.07, 6.45) is 0. The Hall–Kier alpha value is -0.990. The van der Waals surface area contributed by atoms with E-state index >= 15 is 0 Å². The van der Waals surface area contributed by atoms with Gasteiger partial charge in [-0.2, -0.15) is 0 Å². The van der Waals surface area contributed by atoms with E-state index in [2.05, 4.69) is 4.98 Å². The minimum absolute atomic E-state index is 0.378. The van der Waals surface area contributed by atoms with E-state index in [0.29, 0.717) is 15.9 Å². The fraction of sp³-hybridized carbons (Fsp3) is 0. The van der Waals surface area contributed by atoms with Crippen molar-refractivity contribution in [2.45, 2.75) is 0 Å². The van der Waals surface area contributed by atoms with Gasteiger partial charge >= 0.3 is 0 Å². The highest BCUT2D eigenvalue weighted by molar-refractivity contribution is 6.37. The molecule has 13 heavy (non-hydrogen) atoms. The molecule has 0 amide bonds. The lowest BCUT2D eigenvalue weighted by Crippen LogP contribution is -1.86. The van der Waals surface area contributed by atoms with Crippen LogP contribution in [0.3, 0.4) is 0 Å². The average molecular weight is 213 g/mol. The molecular weight excluding hydrogens is 207 g/mol. The summed E-state index contributed by atoms with van der Waals surface area (Å²) in [4.78, 5) is 4.10. The summed E-state index contributed by atoms with van der Waals surface area (Å²) in [5.74, 6) is 0. The van der Waals surface area contributed by atoms with E-state index in [0.717, 1.165) is 10.9 Å². The van der Waals surface area contributed by atoms with Gasteiger partial charge in [-0.3, -0.25) is 0 Å². The minimum atomic E-state index is 0.378. The molecule has 2 N–H and O–H groups in total. The number of hydrogen-bond donors (Lipinski definition) is 1. The van der Waals surface area contributed by atoms with E-state index in [9.17, 15) is 0 Å². The molecule has 0 aliphatic carbocycles. The highest BCUT2D eigenvalue weighted by Gasteiger charge is 2.02. The van der Waals surface area contributed by atoms with Crippen LogP contribution >= 0.6 is 23.2 Å². The van der Waals surface area contributed by atoms with Crippen LogP contribution in [0, 0.1) is 0 Å². The Morgan fingerprint density at radius 1 is 1.15 bits per heavy atom. The molecule has 2 nitrogen and oxygen atoms in total. The van der Waals surface area contributed by atoms with Gasteiger partial charge in [0.25, 0.3) is 0 Å². The van der Waals surface area contributed by atoms with Crippen molar-refractivity contribution in [2.24, 2.45) is 0 Å². The highest BCUT2D eigenvalue weighted by Crippen LogP contribution is 2.26. The molecule has 0 aliphatic rings. The molecule has 2 rings (SSSR count). The molecule has 1 heterocycles. The van der Waals surface area contributed by atoms with Crippen LogP contribution in [-0.4, -0.2) is 4.98 Å². The Kier molecular flexibility index (Phi) is 2.02. The second-order valence-corrected chi connectivity index (χ2v) is 3.50. The van der Waals surface area contributed by atoms with Crippen molar-refractivity contribution >= 4 is 39.8 Å². The van der Waals surface area contributed by atoms with Gasteiger partial charge in [0.15, 0.2) is 0 Å². The largest absolute Gasteiger partial charge is 0.399 e. The molecule has 0 spiro atoms. The topological polar surface area (TPSA) is 38.9 Å². The second-order valence-electron chi connectivity index (χ2n) is 2.70. The van der Waals surface area contributed by atoms with E-state index in [1.54, 1.807) is 18.2 Å². The van der Waals surface area contributed by atoms with Gasteiger partial charge in [-0.05, 0) is 24.3 Å². The standard InChI is InChI=1S/C9H6Cl2N2/c10-7-4-9(11)13-8-3-5(12)1-2-6(7)8/h1-4H,12H2. The monoisotopic (exact) mass is 212 g/mol. The first-order valence-corrected chi connectivity index (χ1v) is 4.44. The van der Waals surface area contributed by atoms with E-state index in [-0.39, 0.29) is 0 Å². The van der Waals surface area contributed by atoms with Crippen LogP contribution in [0.4, 0.5) is 5.69 Å². The quantitative estimate of drug-likeness (QED) is 0.539. The Morgan fingerprint density at radius 3 is 2.69 bits per heavy atom. The summed E-state index contributed by atoms with van der Waals surface area (Å²) in [5.41, 5.74) is 6.97. The molecule has 0 atom stereocenters. The van der Waals surface area contributed by atoms with Gasteiger partial charge in [0.2, 0.25) is 0 Å². The summed E-state index contributed by atoms with van der Waals surface area (Å²) in [7, 11) is 0. The van der Waals surface area contributed by atoms with Gasteiger partial charge in [0, 0.05) is 11.1 Å². The van der Waals surface area contributed by atoms with Crippen molar-refractivity contribution in [3.05, 3.63) is 34.4 Å². The molecule has 0 fully saturated rings. The average Bonchev–Trinajstić information content (AvgIpc) is 2.02. The number of benzene rings is 1. The summed E-state index contributed by atoms with van der Waals surface area (Å²) in [5, 5.41) is 1.83. The zero-order valence-corrected chi connectivity index (χ0v) is 8.10. The van der Waals surface area contributed by atoms with Crippen molar-refractivity contribution in [3.63, 3.8) is 0 Å². The van der Waals surface area contributed by atoms with E-state index < -0.39 is 0 Å². The number of hydrogen-bond acceptors (Lipinski definition) is 2. The molecule has 66 valence electrons. The third-order valence-corrected chi connectivity index (χ3v) is 2.26. The fourth-order valence-corrected chi connectivity index (χ4v) is 1.69. The number of rotatable bonds is 0. The molecule has 0 aliphatic heterocycles. The van der Waals surface area contributed by atoms with Crippen LogP contribution in [0.1, 0.15) is 0 Å². The van der Waals surface area contributed by atoms with Crippen LogP contribution in [0.15, 0.2) is 24.3 Å². The van der Waals surface area contributed by atoms with Gasteiger partial charge in [0.1, 0.15) is 5.15 Å². The molecule has 0 saturated carbocycles. The Labute approximate surface area is 85.3 Å². The Bertz CT molecular complexity index is 463. The number of aromatic nitrogens is 1. The highest BCUT2D eigenvalue weighted by atomic mass is 35.5. The van der Waals surface area contributed by atoms with Crippen molar-refractivity contribution in [1.29, 1.82) is 0 Å². The van der Waals surface area contributed by atoms with E-state index in [1.807, 2.05) is 6.07 Å². The SMILES string of the molecule is Nc1ccc2c(Cl)cc(Cl)nc2c1. The first-order chi connectivity index (χ1) is 6.16. The fourth-order valence-electron chi connectivity index (χ4n) is 1.17. The lowest BCUT2D eigenvalue weighted by atomic mass is 10.2. The predicted molar refractivity (Wildman–Crippen MR) is 56.2 cm³/mol. The zero-order chi connectivity index (χ0) is 9.42. The van der Waals surface area contributed by atoms with Gasteiger partial charge in [0.05, 0.1) is 10.5 Å². The molecule has 4 heteroatoms. The number of nitrogen functional groups attached to an aromatic ring is 1. The number of pyridine rings is 1. The molecule has 1 aromatic carbocycles. The lowest BCUT2D eigenvalue weighted by Gasteiger charge is -2.01. The third-order valence-electron chi connectivity index (χ3n) is 1.75. The second kappa shape index (κ2) is 3.05. The molecule has 1 aromatic heterocycles. The molecule has 2 aromatic rings. The number of halogens is 2. The van der Waals surface area contributed by atoms with E-state index in [4.69, 9.17) is 28.9 Å². The smallest absolute Gasteiger partial charge is 0.131 e. The maximum absolute atomic E-state index is 5.95. The van der Waals surface area contributed by atoms with Crippen LogP contribution in [0.25, 0.3) is 10.9 Å². The van der Waals surface area contributed by atoms with Crippen molar-refractivity contribution in [3.8, 4) is 0 Å². The number of anilines is 1. The maximum Gasteiger partial charge on any atom is 0.131 e. The maximum atomic E-state index is 5.95. The van der Waals surface area contributed by atoms with Crippen LogP contribution in [-0.2, 0) is 0 Å². The lowest BCUT2D eigenvalue weighted by molar-refractivity contribution is 1.41. The first kappa shape index (κ1) is 8.60. The van der Waals surface area contributed by atoms with Gasteiger partial charge in [-0.15, -0.1) is 0 Å². The molecular formula is C9H6Cl2N2. The first-order valence-electron chi connectivity index (χ1n) is 3.68. The van der Waals surface area contributed by atoms with Crippen molar-refractivity contribution in [2.75, 3.05) is 5.73 Å². The molecule has 0 radical (unpaired) electrons. The van der Waals surface area contributed by atoms with Crippen LogP contribution in [0.2, 0.25) is 10.2 Å². The molecule has 0 bridgehead atoms. The zero-order valence-electron chi connectivity index (χ0n) is 6.59. The van der Waals surface area contributed by atoms with E-state index in [1.165, 1.54) is 0 Å². The third kappa shape index (κ3) is 1.55. The van der Waals surface area contributed by atoms with Gasteiger partial charge in [-0.1, -0.05) is 23.2 Å². The Balaban J connectivity index is 2.86. The summed E-state index contributed by atoms with van der Waals surface area (Å²) in [6.45, 7) is 0. The summed E-state index contributed by atoms with van der Waals surface area (Å²) in [6, 6.07) is 6.97. The molecule has 0 unspecified atom stereocenters. The number of fused-ring (bicyclic) bond motifs is 1. The van der Waals surface area contributed by atoms with Gasteiger partial charge in [-0.25, -0.2) is 4.98 Å². The number of nitrogens with two attached hydrogens (primary N) is 1. The molecule has 0 saturated heterocycles. The number of nitrogens with zero attached hydrogens (tertiary/aromatic N) is 1. The predicted octanol–water partition coefficient (Wildman–Crippen LogP) is 3.12. The Morgan fingerprint density at radius 2 is 1.92 bits per heavy atom. The van der Waals surface area contributed by atoms with Gasteiger partial charge < -0.3 is 5.73 Å².